The number of hydrogen-bond donors (Lipinski definition) is 2. The van der Waals surface area contributed by atoms with Gasteiger partial charge in [0.25, 0.3) is 0 Å². The van der Waals surface area contributed by atoms with E-state index in [4.69, 9.17) is 5.11 Å². The van der Waals surface area contributed by atoms with Gasteiger partial charge in [-0.1, -0.05) is 38.3 Å². The third-order valence-electron chi connectivity index (χ3n) is 6.39. The fourth-order valence-corrected chi connectivity index (χ4v) is 4.33. The Morgan fingerprint density at radius 3 is 2.65 bits per heavy atom. The van der Waals surface area contributed by atoms with Crippen LogP contribution in [0.25, 0.3) is 0 Å². The summed E-state index contributed by atoms with van der Waals surface area (Å²) in [7, 11) is 0. The van der Waals surface area contributed by atoms with Crippen molar-refractivity contribution in [1.82, 2.24) is 4.90 Å². The van der Waals surface area contributed by atoms with Gasteiger partial charge in [-0.2, -0.15) is 0 Å². The molecule has 0 aromatic carbocycles. The maximum atomic E-state index is 12.1. The van der Waals surface area contributed by atoms with Crippen molar-refractivity contribution in [1.29, 1.82) is 0 Å². The van der Waals surface area contributed by atoms with Crippen LogP contribution in [0.3, 0.4) is 0 Å². The minimum absolute atomic E-state index is 0.130. The SMILES string of the molecule is CCC1([C@@H](O)CC=C[C@H]2CCC(=O)N2CCCCCCC(=O)O)CCC1. The van der Waals surface area contributed by atoms with Crippen molar-refractivity contribution in [3.63, 3.8) is 0 Å². The van der Waals surface area contributed by atoms with Crippen LogP contribution in [0.2, 0.25) is 0 Å². The van der Waals surface area contributed by atoms with Crippen LogP contribution in [0.15, 0.2) is 12.2 Å². The first kappa shape index (κ1) is 20.9. The number of aliphatic carboxylic acids is 1. The average molecular weight is 366 g/mol. The van der Waals surface area contributed by atoms with Crippen LogP contribution in [0.1, 0.15) is 84.0 Å². The minimum Gasteiger partial charge on any atom is -0.481 e. The van der Waals surface area contributed by atoms with Gasteiger partial charge in [0.2, 0.25) is 5.91 Å². The zero-order chi connectivity index (χ0) is 19.0. The number of unbranched alkanes of at least 4 members (excludes halogenated alkanes) is 3. The Balaban J connectivity index is 1.71. The van der Waals surface area contributed by atoms with Crippen molar-refractivity contribution < 1.29 is 19.8 Å². The van der Waals surface area contributed by atoms with Gasteiger partial charge in [0.15, 0.2) is 0 Å². The van der Waals surface area contributed by atoms with Gasteiger partial charge in [-0.05, 0) is 50.4 Å². The Bertz CT molecular complexity index is 493. The Morgan fingerprint density at radius 2 is 2.04 bits per heavy atom. The largest absolute Gasteiger partial charge is 0.481 e. The van der Waals surface area contributed by atoms with Gasteiger partial charge >= 0.3 is 5.97 Å². The van der Waals surface area contributed by atoms with Crippen LogP contribution in [-0.4, -0.2) is 45.7 Å². The number of carbonyl (C=O) groups is 2. The molecule has 26 heavy (non-hydrogen) atoms. The fraction of sp³-hybridized carbons (Fsp3) is 0.810. The number of carboxylic acid groups (broad SMARTS) is 1. The number of nitrogens with zero attached hydrogens (tertiary/aromatic N) is 1. The summed E-state index contributed by atoms with van der Waals surface area (Å²) in [5.41, 5.74) is 0.130. The minimum atomic E-state index is -0.737. The number of aliphatic hydroxyl groups is 1. The number of carbonyl (C=O) groups excluding carboxylic acids is 1. The second kappa shape index (κ2) is 10.1. The van der Waals surface area contributed by atoms with Gasteiger partial charge in [0.05, 0.1) is 12.1 Å². The maximum absolute atomic E-state index is 12.1. The monoisotopic (exact) mass is 365 g/mol. The summed E-state index contributed by atoms with van der Waals surface area (Å²) in [6.07, 6.45) is 14.3. The molecule has 0 aromatic rings. The zero-order valence-corrected chi connectivity index (χ0v) is 16.2. The lowest BCUT2D eigenvalue weighted by atomic mass is 9.63. The van der Waals surface area contributed by atoms with E-state index in [2.05, 4.69) is 19.1 Å². The lowest BCUT2D eigenvalue weighted by Gasteiger charge is -2.45. The Morgan fingerprint density at radius 1 is 1.31 bits per heavy atom. The number of hydrogen-bond acceptors (Lipinski definition) is 3. The van der Waals surface area contributed by atoms with E-state index in [-0.39, 0.29) is 29.9 Å². The standard InChI is InChI=1S/C21H35NO4/c1-2-21(14-8-15-21)18(23)10-7-9-17-12-13-19(24)22(17)16-6-4-3-5-11-20(25)26/h7,9,17-18,23H,2-6,8,10-16H2,1H3,(H,25,26)/t17-,18-/m0/s1. The lowest BCUT2D eigenvalue weighted by Crippen LogP contribution is -2.40. The highest BCUT2D eigenvalue weighted by atomic mass is 16.4. The molecule has 0 bridgehead atoms. The normalized spacial score (nSPS) is 23.4. The van der Waals surface area contributed by atoms with Crippen molar-refractivity contribution in [3.05, 3.63) is 12.2 Å². The zero-order valence-electron chi connectivity index (χ0n) is 16.2. The fourth-order valence-electron chi connectivity index (χ4n) is 4.33. The molecule has 0 radical (unpaired) electrons. The van der Waals surface area contributed by atoms with E-state index in [0.29, 0.717) is 19.3 Å². The molecule has 0 aromatic heterocycles. The Labute approximate surface area is 157 Å². The Kier molecular flexibility index (Phi) is 8.14. The molecule has 5 nitrogen and oxygen atoms in total. The molecule has 1 saturated carbocycles. The number of aliphatic hydroxyl groups excluding tert-OH is 1. The third-order valence-corrected chi connectivity index (χ3v) is 6.39. The van der Waals surface area contributed by atoms with E-state index >= 15 is 0 Å². The molecule has 2 fully saturated rings. The molecule has 2 aliphatic rings. The van der Waals surface area contributed by atoms with Crippen LogP contribution >= 0.6 is 0 Å². The van der Waals surface area contributed by atoms with Crippen molar-refractivity contribution in [2.24, 2.45) is 5.41 Å². The highest BCUT2D eigenvalue weighted by Gasteiger charge is 2.41. The maximum Gasteiger partial charge on any atom is 0.303 e. The smallest absolute Gasteiger partial charge is 0.303 e. The van der Waals surface area contributed by atoms with Crippen molar-refractivity contribution >= 4 is 11.9 Å². The van der Waals surface area contributed by atoms with E-state index in [0.717, 1.165) is 51.5 Å². The van der Waals surface area contributed by atoms with E-state index in [9.17, 15) is 14.7 Å². The molecule has 1 heterocycles. The number of amides is 1. The molecule has 2 N–H and O–H groups in total. The third kappa shape index (κ3) is 5.57. The van der Waals surface area contributed by atoms with Crippen molar-refractivity contribution in [2.45, 2.75) is 96.1 Å². The quantitative estimate of drug-likeness (QED) is 0.406. The molecule has 1 saturated heterocycles. The van der Waals surface area contributed by atoms with Crippen LogP contribution in [-0.2, 0) is 9.59 Å². The molecule has 1 amide bonds. The molecule has 0 unspecified atom stereocenters. The summed E-state index contributed by atoms with van der Waals surface area (Å²) < 4.78 is 0. The van der Waals surface area contributed by atoms with E-state index in [1.165, 1.54) is 6.42 Å². The first-order valence-electron chi connectivity index (χ1n) is 10.3. The van der Waals surface area contributed by atoms with Gasteiger partial charge in [-0.15, -0.1) is 0 Å². The summed E-state index contributed by atoms with van der Waals surface area (Å²) in [4.78, 5) is 24.6. The summed E-state index contributed by atoms with van der Waals surface area (Å²) in [6.45, 7) is 2.92. The number of carboxylic acids is 1. The van der Waals surface area contributed by atoms with Gasteiger partial charge < -0.3 is 15.1 Å². The van der Waals surface area contributed by atoms with Crippen LogP contribution in [0.5, 0.6) is 0 Å². The van der Waals surface area contributed by atoms with E-state index in [1.54, 1.807) is 0 Å². The second-order valence-corrected chi connectivity index (χ2v) is 8.00. The summed E-state index contributed by atoms with van der Waals surface area (Å²) in [6, 6.07) is 0.160. The van der Waals surface area contributed by atoms with Gasteiger partial charge in [0.1, 0.15) is 0 Å². The van der Waals surface area contributed by atoms with E-state index in [1.807, 2.05) is 4.90 Å². The van der Waals surface area contributed by atoms with Gasteiger partial charge in [-0.25, -0.2) is 0 Å². The first-order valence-corrected chi connectivity index (χ1v) is 10.3. The predicted molar refractivity (Wildman–Crippen MR) is 102 cm³/mol. The Hall–Kier alpha value is -1.36. The second-order valence-electron chi connectivity index (χ2n) is 8.00. The number of likely N-dealkylation sites (tertiary alicyclic amines) is 1. The molecule has 5 heteroatoms. The van der Waals surface area contributed by atoms with Gasteiger partial charge in [-0.3, -0.25) is 9.59 Å². The summed E-state index contributed by atoms with van der Waals surface area (Å²) in [5, 5.41) is 19.1. The summed E-state index contributed by atoms with van der Waals surface area (Å²) in [5.74, 6) is -0.520. The molecule has 2 rings (SSSR count). The predicted octanol–water partition coefficient (Wildman–Crippen LogP) is 3.90. The van der Waals surface area contributed by atoms with Crippen LogP contribution in [0.4, 0.5) is 0 Å². The van der Waals surface area contributed by atoms with Crippen molar-refractivity contribution in [2.75, 3.05) is 6.54 Å². The summed E-state index contributed by atoms with van der Waals surface area (Å²) >= 11 is 0. The molecule has 0 spiro atoms. The highest BCUT2D eigenvalue weighted by Crippen LogP contribution is 2.47. The molecule has 1 aliphatic carbocycles. The number of rotatable bonds is 12. The molecule has 2 atom stereocenters. The molecule has 1 aliphatic heterocycles. The lowest BCUT2D eigenvalue weighted by molar-refractivity contribution is -0.137. The first-order chi connectivity index (χ1) is 12.5. The highest BCUT2D eigenvalue weighted by molar-refractivity contribution is 5.79. The van der Waals surface area contributed by atoms with Crippen LogP contribution in [0, 0.1) is 5.41 Å². The molecular formula is C21H35NO4. The average Bonchev–Trinajstić information content (AvgIpc) is 2.90. The molecule has 148 valence electrons. The topological polar surface area (TPSA) is 77.8 Å². The molecular weight excluding hydrogens is 330 g/mol. The van der Waals surface area contributed by atoms with Crippen LogP contribution < -0.4 is 0 Å². The van der Waals surface area contributed by atoms with Crippen molar-refractivity contribution in [3.8, 4) is 0 Å². The van der Waals surface area contributed by atoms with Gasteiger partial charge in [0, 0.05) is 19.4 Å². The van der Waals surface area contributed by atoms with E-state index < -0.39 is 5.97 Å².